The van der Waals surface area contributed by atoms with Crippen LogP contribution in [0.2, 0.25) is 0 Å². The van der Waals surface area contributed by atoms with Gasteiger partial charge in [0.15, 0.2) is 0 Å². The lowest BCUT2D eigenvalue weighted by atomic mass is 10.2. The molecule has 0 radical (unpaired) electrons. The summed E-state index contributed by atoms with van der Waals surface area (Å²) in [4.78, 5) is 24.5. The Balaban J connectivity index is 2.29. The van der Waals surface area contributed by atoms with Gasteiger partial charge in [-0.1, -0.05) is 6.58 Å². The third kappa shape index (κ3) is 1.22. The van der Waals surface area contributed by atoms with Crippen molar-refractivity contribution < 1.29 is 14.3 Å². The lowest BCUT2D eigenvalue weighted by Gasteiger charge is -2.18. The predicted molar refractivity (Wildman–Crippen MR) is 44.8 cm³/mol. The van der Waals surface area contributed by atoms with E-state index in [4.69, 9.17) is 4.74 Å². The number of esters is 1. The van der Waals surface area contributed by atoms with E-state index < -0.39 is 0 Å². The van der Waals surface area contributed by atoms with Gasteiger partial charge >= 0.3 is 5.97 Å². The number of nitrogens with zero attached hydrogens (tertiary/aromatic N) is 1. The molecular weight excluding hydrogens is 170 g/mol. The third-order valence-electron chi connectivity index (χ3n) is 2.48. The molecule has 0 aromatic carbocycles. The van der Waals surface area contributed by atoms with E-state index in [1.54, 1.807) is 4.90 Å². The summed E-state index contributed by atoms with van der Waals surface area (Å²) in [6, 6.07) is -0.355. The Morgan fingerprint density at radius 2 is 2.23 bits per heavy atom. The lowest BCUT2D eigenvalue weighted by Crippen LogP contribution is -2.38. The van der Waals surface area contributed by atoms with Gasteiger partial charge in [0.1, 0.15) is 12.6 Å². The predicted octanol–water partition coefficient (Wildman–Crippen LogP) is 0.0904. The number of hydrogen-bond acceptors (Lipinski definition) is 3. The molecule has 2 saturated heterocycles. The SMILES string of the molecule is C=C1COC(=O)[C@@H]2CCCN2C1=O. The van der Waals surface area contributed by atoms with Crippen LogP contribution in [0.25, 0.3) is 0 Å². The molecule has 0 aliphatic carbocycles. The second-order valence-corrected chi connectivity index (χ2v) is 3.37. The molecule has 0 aromatic rings. The number of amides is 1. The van der Waals surface area contributed by atoms with Crippen molar-refractivity contribution in [3.8, 4) is 0 Å². The maximum Gasteiger partial charge on any atom is 0.329 e. The van der Waals surface area contributed by atoms with Crippen molar-refractivity contribution in [3.63, 3.8) is 0 Å². The van der Waals surface area contributed by atoms with Crippen LogP contribution in [0, 0.1) is 0 Å². The molecule has 2 heterocycles. The average Bonchev–Trinajstić information content (AvgIpc) is 2.57. The van der Waals surface area contributed by atoms with Crippen LogP contribution in [-0.4, -0.2) is 36.0 Å². The maximum atomic E-state index is 11.6. The van der Waals surface area contributed by atoms with Crippen LogP contribution in [0.5, 0.6) is 0 Å². The molecule has 0 bridgehead atoms. The van der Waals surface area contributed by atoms with E-state index in [2.05, 4.69) is 6.58 Å². The van der Waals surface area contributed by atoms with Gasteiger partial charge in [-0.2, -0.15) is 0 Å². The first-order valence-corrected chi connectivity index (χ1v) is 4.35. The van der Waals surface area contributed by atoms with Crippen molar-refractivity contribution in [1.82, 2.24) is 4.90 Å². The summed E-state index contributed by atoms with van der Waals surface area (Å²) in [7, 11) is 0. The van der Waals surface area contributed by atoms with E-state index in [9.17, 15) is 9.59 Å². The average molecular weight is 181 g/mol. The van der Waals surface area contributed by atoms with E-state index in [1.165, 1.54) is 0 Å². The highest BCUT2D eigenvalue weighted by molar-refractivity contribution is 5.98. The molecule has 2 aliphatic heterocycles. The number of fused-ring (bicyclic) bond motifs is 1. The second-order valence-electron chi connectivity index (χ2n) is 3.37. The normalized spacial score (nSPS) is 28.5. The van der Waals surface area contributed by atoms with Crippen LogP contribution < -0.4 is 0 Å². The summed E-state index contributed by atoms with van der Waals surface area (Å²) in [5, 5.41) is 0. The van der Waals surface area contributed by atoms with E-state index in [0.717, 1.165) is 12.8 Å². The van der Waals surface area contributed by atoms with Gasteiger partial charge in [0, 0.05) is 12.1 Å². The van der Waals surface area contributed by atoms with Crippen molar-refractivity contribution in [2.24, 2.45) is 0 Å². The van der Waals surface area contributed by atoms with Crippen molar-refractivity contribution in [2.75, 3.05) is 13.2 Å². The van der Waals surface area contributed by atoms with Crippen molar-refractivity contribution in [3.05, 3.63) is 12.2 Å². The van der Waals surface area contributed by atoms with E-state index in [0.29, 0.717) is 12.1 Å². The smallest absolute Gasteiger partial charge is 0.329 e. The molecule has 4 nitrogen and oxygen atoms in total. The van der Waals surface area contributed by atoms with Crippen LogP contribution in [0.3, 0.4) is 0 Å². The first-order valence-electron chi connectivity index (χ1n) is 4.35. The topological polar surface area (TPSA) is 46.6 Å². The first kappa shape index (κ1) is 8.29. The number of hydrogen-bond donors (Lipinski definition) is 0. The minimum atomic E-state index is -0.355. The molecule has 0 N–H and O–H groups in total. The summed E-state index contributed by atoms with van der Waals surface area (Å²) in [5.41, 5.74) is 0.373. The van der Waals surface area contributed by atoms with Crippen molar-refractivity contribution in [2.45, 2.75) is 18.9 Å². The molecule has 1 atom stereocenters. The minimum Gasteiger partial charge on any atom is -0.459 e. The fraction of sp³-hybridized carbons (Fsp3) is 0.556. The number of ether oxygens (including phenoxy) is 1. The van der Waals surface area contributed by atoms with Crippen LogP contribution in [0.4, 0.5) is 0 Å². The standard InChI is InChI=1S/C9H11NO3/c1-6-5-13-9(12)7-3-2-4-10(7)8(6)11/h7H,1-5H2/t7-/m0/s1. The Labute approximate surface area is 76.2 Å². The first-order chi connectivity index (χ1) is 6.20. The fourth-order valence-corrected chi connectivity index (χ4v) is 1.77. The number of cyclic esters (lactones) is 1. The minimum absolute atomic E-state index is 0.0463. The molecule has 0 unspecified atom stereocenters. The Morgan fingerprint density at radius 1 is 1.46 bits per heavy atom. The molecule has 2 fully saturated rings. The molecule has 1 amide bonds. The highest BCUT2D eigenvalue weighted by Gasteiger charge is 2.38. The number of carbonyl (C=O) groups is 2. The lowest BCUT2D eigenvalue weighted by molar-refractivity contribution is -0.148. The Kier molecular flexibility index (Phi) is 1.83. The Bertz CT molecular complexity index is 285. The van der Waals surface area contributed by atoms with Gasteiger partial charge in [-0.25, -0.2) is 4.79 Å². The van der Waals surface area contributed by atoms with Gasteiger partial charge in [0.2, 0.25) is 0 Å². The Hall–Kier alpha value is -1.32. The van der Waals surface area contributed by atoms with Crippen molar-refractivity contribution >= 4 is 11.9 Å². The Morgan fingerprint density at radius 3 is 3.00 bits per heavy atom. The molecule has 70 valence electrons. The van der Waals surface area contributed by atoms with E-state index in [-0.39, 0.29) is 24.5 Å². The van der Waals surface area contributed by atoms with Crippen LogP contribution in [0.15, 0.2) is 12.2 Å². The summed E-state index contributed by atoms with van der Waals surface area (Å²) >= 11 is 0. The van der Waals surface area contributed by atoms with Crippen LogP contribution in [0.1, 0.15) is 12.8 Å². The summed E-state index contributed by atoms with van der Waals surface area (Å²) < 4.78 is 4.90. The molecule has 0 saturated carbocycles. The molecule has 13 heavy (non-hydrogen) atoms. The van der Waals surface area contributed by atoms with Gasteiger partial charge in [0.05, 0.1) is 0 Å². The molecular formula is C9H11NO3. The fourth-order valence-electron chi connectivity index (χ4n) is 1.77. The quantitative estimate of drug-likeness (QED) is 0.393. The van der Waals surface area contributed by atoms with Gasteiger partial charge in [-0.15, -0.1) is 0 Å². The molecule has 0 spiro atoms. The zero-order chi connectivity index (χ0) is 9.42. The molecule has 4 heteroatoms. The highest BCUT2D eigenvalue weighted by Crippen LogP contribution is 2.23. The number of carbonyl (C=O) groups excluding carboxylic acids is 2. The second kappa shape index (κ2) is 2.87. The monoisotopic (exact) mass is 181 g/mol. The summed E-state index contributed by atoms with van der Waals surface area (Å²) in [6.07, 6.45) is 1.59. The van der Waals surface area contributed by atoms with Gasteiger partial charge in [-0.05, 0) is 12.8 Å². The van der Waals surface area contributed by atoms with Crippen LogP contribution in [-0.2, 0) is 14.3 Å². The molecule has 2 aliphatic rings. The van der Waals surface area contributed by atoms with Gasteiger partial charge in [-0.3, -0.25) is 4.79 Å². The van der Waals surface area contributed by atoms with Crippen LogP contribution >= 0.6 is 0 Å². The van der Waals surface area contributed by atoms with Gasteiger partial charge < -0.3 is 9.64 Å². The third-order valence-corrected chi connectivity index (χ3v) is 2.48. The maximum absolute atomic E-state index is 11.6. The summed E-state index contributed by atoms with van der Waals surface area (Å²) in [5.74, 6) is -0.419. The van der Waals surface area contributed by atoms with Crippen molar-refractivity contribution in [1.29, 1.82) is 0 Å². The van der Waals surface area contributed by atoms with E-state index in [1.807, 2.05) is 0 Å². The summed E-state index contributed by atoms with van der Waals surface area (Å²) in [6.45, 7) is 4.28. The van der Waals surface area contributed by atoms with Gasteiger partial charge in [0.25, 0.3) is 5.91 Å². The number of rotatable bonds is 0. The zero-order valence-corrected chi connectivity index (χ0v) is 7.28. The largest absolute Gasteiger partial charge is 0.459 e. The highest BCUT2D eigenvalue weighted by atomic mass is 16.5. The zero-order valence-electron chi connectivity index (χ0n) is 7.28. The molecule has 2 rings (SSSR count). The molecule has 0 aromatic heterocycles. The van der Waals surface area contributed by atoms with E-state index >= 15 is 0 Å².